The fraction of sp³-hybridized carbons (Fsp3) is 0.550. The lowest BCUT2D eigenvalue weighted by atomic mass is 10.2. The summed E-state index contributed by atoms with van der Waals surface area (Å²) in [5.41, 5.74) is 0.961. The number of amides is 3. The number of nitrogens with one attached hydrogen (secondary N) is 2. The molecule has 12 heteroatoms. The van der Waals surface area contributed by atoms with Crippen LogP contribution in [-0.4, -0.2) is 72.2 Å². The Balaban J connectivity index is 1.56. The minimum Gasteiger partial charge on any atom is -0.481 e. The number of ether oxygens (including phenoxy) is 2. The maximum absolute atomic E-state index is 12.2. The number of urea groups is 1. The monoisotopic (exact) mass is 463 g/mol. The molecule has 3 heterocycles. The Labute approximate surface area is 191 Å². The van der Waals surface area contributed by atoms with E-state index in [9.17, 15) is 9.59 Å². The minimum atomic E-state index is -0.377. The number of thiazole rings is 1. The molecule has 0 aromatic carbocycles. The molecule has 0 radical (unpaired) electrons. The van der Waals surface area contributed by atoms with Gasteiger partial charge < -0.3 is 24.6 Å². The van der Waals surface area contributed by atoms with Crippen LogP contribution < -0.4 is 25.0 Å². The summed E-state index contributed by atoms with van der Waals surface area (Å²) in [5, 5.41) is 6.00. The van der Waals surface area contributed by atoms with Crippen molar-refractivity contribution in [1.82, 2.24) is 25.2 Å². The van der Waals surface area contributed by atoms with Gasteiger partial charge in [-0.05, 0) is 13.8 Å². The summed E-state index contributed by atoms with van der Waals surface area (Å²) in [6, 6.07) is 1.76. The molecule has 0 spiro atoms. The molecule has 0 saturated heterocycles. The van der Waals surface area contributed by atoms with Crippen LogP contribution in [0.5, 0.6) is 11.9 Å². The van der Waals surface area contributed by atoms with Crippen molar-refractivity contribution in [2.24, 2.45) is 0 Å². The van der Waals surface area contributed by atoms with Crippen LogP contribution in [0.4, 0.5) is 15.7 Å². The smallest absolute Gasteiger partial charge is 0.321 e. The first-order chi connectivity index (χ1) is 15.3. The molecule has 0 bridgehead atoms. The molecule has 174 valence electrons. The average molecular weight is 464 g/mol. The minimum absolute atomic E-state index is 0.0110. The molecular weight excluding hydrogens is 434 g/mol. The van der Waals surface area contributed by atoms with Gasteiger partial charge in [-0.1, -0.05) is 11.3 Å². The van der Waals surface area contributed by atoms with Crippen LogP contribution in [0, 0.1) is 0 Å². The predicted molar refractivity (Wildman–Crippen MR) is 122 cm³/mol. The fourth-order valence-corrected chi connectivity index (χ4v) is 4.10. The second kappa shape index (κ2) is 10.4. The number of fused-ring (bicyclic) bond motifs is 1. The van der Waals surface area contributed by atoms with E-state index >= 15 is 0 Å². The van der Waals surface area contributed by atoms with E-state index in [-0.39, 0.29) is 37.0 Å². The molecule has 0 aliphatic carbocycles. The number of anilines is 2. The Morgan fingerprint density at radius 2 is 2.03 bits per heavy atom. The average Bonchev–Trinajstić information content (AvgIpc) is 3.19. The molecule has 3 amide bonds. The second-order valence-corrected chi connectivity index (χ2v) is 8.63. The van der Waals surface area contributed by atoms with Crippen molar-refractivity contribution in [2.45, 2.75) is 39.3 Å². The number of carbonyl (C=O) groups excluding carboxylic acids is 2. The van der Waals surface area contributed by atoms with Gasteiger partial charge in [-0.2, -0.15) is 9.97 Å². The molecule has 1 aliphatic rings. The summed E-state index contributed by atoms with van der Waals surface area (Å²) in [6.45, 7) is 5.48. The summed E-state index contributed by atoms with van der Waals surface area (Å²) in [7, 11) is 4.81. The molecule has 0 atom stereocenters. The highest BCUT2D eigenvalue weighted by atomic mass is 32.1. The van der Waals surface area contributed by atoms with Gasteiger partial charge in [0, 0.05) is 50.0 Å². The molecular formula is C20H29N7O4S. The molecule has 2 aromatic heterocycles. The summed E-state index contributed by atoms with van der Waals surface area (Å²) in [4.78, 5) is 42.1. The number of nitrogens with zero attached hydrogens (tertiary/aromatic N) is 5. The lowest BCUT2D eigenvalue weighted by Gasteiger charge is -2.27. The number of carbonyl (C=O) groups is 2. The number of aromatic nitrogens is 3. The molecule has 2 N–H and O–H groups in total. The van der Waals surface area contributed by atoms with E-state index in [1.54, 1.807) is 25.1 Å². The van der Waals surface area contributed by atoms with E-state index in [0.717, 1.165) is 23.5 Å². The molecule has 0 saturated carbocycles. The van der Waals surface area contributed by atoms with Gasteiger partial charge in [-0.25, -0.2) is 9.78 Å². The van der Waals surface area contributed by atoms with Crippen molar-refractivity contribution in [3.05, 3.63) is 16.6 Å². The van der Waals surface area contributed by atoms with E-state index in [4.69, 9.17) is 9.47 Å². The molecule has 1 aliphatic heterocycles. The van der Waals surface area contributed by atoms with Crippen molar-refractivity contribution in [1.29, 1.82) is 0 Å². The lowest BCUT2D eigenvalue weighted by molar-refractivity contribution is -0.131. The van der Waals surface area contributed by atoms with Gasteiger partial charge in [0.1, 0.15) is 5.82 Å². The zero-order valence-corrected chi connectivity index (χ0v) is 19.8. The Hall–Kier alpha value is -3.15. The van der Waals surface area contributed by atoms with Gasteiger partial charge in [-0.3, -0.25) is 10.1 Å². The van der Waals surface area contributed by atoms with Gasteiger partial charge in [0.25, 0.3) is 0 Å². The van der Waals surface area contributed by atoms with E-state index in [1.807, 2.05) is 13.8 Å². The summed E-state index contributed by atoms with van der Waals surface area (Å²) >= 11 is 1.42. The third kappa shape index (κ3) is 5.75. The van der Waals surface area contributed by atoms with E-state index < -0.39 is 0 Å². The number of hydrogen-bond donors (Lipinski definition) is 2. The predicted octanol–water partition coefficient (Wildman–Crippen LogP) is 1.89. The first-order valence-electron chi connectivity index (χ1n) is 10.3. The van der Waals surface area contributed by atoms with Crippen molar-refractivity contribution in [3.63, 3.8) is 0 Å². The number of methoxy groups -OCH3 is 2. The van der Waals surface area contributed by atoms with E-state index in [1.165, 1.54) is 18.4 Å². The molecule has 11 nitrogen and oxygen atoms in total. The Morgan fingerprint density at radius 1 is 1.25 bits per heavy atom. The van der Waals surface area contributed by atoms with Gasteiger partial charge >= 0.3 is 12.0 Å². The maximum Gasteiger partial charge on any atom is 0.321 e. The van der Waals surface area contributed by atoms with Crippen molar-refractivity contribution in [2.75, 3.05) is 44.6 Å². The molecule has 32 heavy (non-hydrogen) atoms. The van der Waals surface area contributed by atoms with Crippen LogP contribution in [0.15, 0.2) is 6.07 Å². The van der Waals surface area contributed by atoms with Gasteiger partial charge in [0.15, 0.2) is 5.13 Å². The molecule has 0 fully saturated rings. The standard InChI is InChI=1S/C20H29N7O4S/c1-12(2)26(3)17(28)6-8-21-18(29)25-20-22-13-7-9-27(11-14(13)32-20)15-10-16(30-4)24-19(23-15)31-5/h10,12H,6-9,11H2,1-5H3,(H2,21,22,25,29). The summed E-state index contributed by atoms with van der Waals surface area (Å²) in [5.74, 6) is 1.12. The number of hydrogen-bond acceptors (Lipinski definition) is 9. The highest BCUT2D eigenvalue weighted by Gasteiger charge is 2.23. The number of rotatable bonds is 8. The van der Waals surface area contributed by atoms with Crippen LogP contribution in [0.2, 0.25) is 0 Å². The fourth-order valence-electron chi connectivity index (χ4n) is 3.08. The zero-order chi connectivity index (χ0) is 23.3. The van der Waals surface area contributed by atoms with Gasteiger partial charge in [-0.15, -0.1) is 0 Å². The molecule has 0 unspecified atom stereocenters. The third-order valence-corrected chi connectivity index (χ3v) is 6.13. The van der Waals surface area contributed by atoms with Crippen molar-refractivity contribution >= 4 is 34.2 Å². The second-order valence-electron chi connectivity index (χ2n) is 7.54. The SMILES string of the molecule is COc1cc(N2CCc3nc(NC(=O)NCCC(=O)N(C)C(C)C)sc3C2)nc(OC)n1. The Kier molecular flexibility index (Phi) is 7.67. The van der Waals surface area contributed by atoms with Crippen LogP contribution in [0.3, 0.4) is 0 Å². The zero-order valence-electron chi connectivity index (χ0n) is 19.0. The first-order valence-corrected chi connectivity index (χ1v) is 11.1. The van der Waals surface area contributed by atoms with E-state index in [2.05, 4.69) is 30.5 Å². The van der Waals surface area contributed by atoms with Crippen LogP contribution in [0.1, 0.15) is 30.8 Å². The van der Waals surface area contributed by atoms with Crippen molar-refractivity contribution in [3.8, 4) is 11.9 Å². The first kappa shape index (κ1) is 23.5. The van der Waals surface area contributed by atoms with E-state index in [0.29, 0.717) is 23.4 Å². The third-order valence-electron chi connectivity index (χ3n) is 5.13. The van der Waals surface area contributed by atoms with Crippen LogP contribution in [0.25, 0.3) is 0 Å². The maximum atomic E-state index is 12.2. The summed E-state index contributed by atoms with van der Waals surface area (Å²) in [6.07, 6.45) is 0.969. The topological polar surface area (TPSA) is 122 Å². The van der Waals surface area contributed by atoms with Crippen LogP contribution >= 0.6 is 11.3 Å². The molecule has 2 aromatic rings. The largest absolute Gasteiger partial charge is 0.481 e. The molecule has 3 rings (SSSR count). The van der Waals surface area contributed by atoms with Crippen molar-refractivity contribution < 1.29 is 19.1 Å². The van der Waals surface area contributed by atoms with Gasteiger partial charge in [0.05, 0.1) is 26.5 Å². The highest BCUT2D eigenvalue weighted by Crippen LogP contribution is 2.31. The summed E-state index contributed by atoms with van der Waals surface area (Å²) < 4.78 is 10.4. The lowest BCUT2D eigenvalue weighted by Crippen LogP contribution is -2.37. The highest BCUT2D eigenvalue weighted by molar-refractivity contribution is 7.15. The normalized spacial score (nSPS) is 12.9. The van der Waals surface area contributed by atoms with Gasteiger partial charge in [0.2, 0.25) is 11.8 Å². The Bertz CT molecular complexity index is 943. The quantitative estimate of drug-likeness (QED) is 0.609. The Morgan fingerprint density at radius 3 is 2.72 bits per heavy atom. The van der Waals surface area contributed by atoms with Crippen LogP contribution in [-0.2, 0) is 17.8 Å².